The van der Waals surface area contributed by atoms with Gasteiger partial charge in [-0.2, -0.15) is 0 Å². The van der Waals surface area contributed by atoms with Crippen LogP contribution in [0.5, 0.6) is 17.2 Å². The second-order valence-electron chi connectivity index (χ2n) is 7.05. The second-order valence-corrected chi connectivity index (χ2v) is 8.89. The minimum absolute atomic E-state index is 0.168. The minimum atomic E-state index is -0.374. The number of ether oxygens (including phenoxy) is 3. The maximum atomic E-state index is 12.7. The van der Waals surface area contributed by atoms with Crippen LogP contribution in [0.4, 0.5) is 5.69 Å². The number of thiophene rings is 1. The molecule has 4 aromatic rings. The number of amides is 1. The summed E-state index contributed by atoms with van der Waals surface area (Å²) in [4.78, 5) is 13.1. The van der Waals surface area contributed by atoms with Crippen LogP contribution in [0.1, 0.15) is 9.67 Å². The van der Waals surface area contributed by atoms with E-state index in [1.165, 1.54) is 11.3 Å². The molecule has 0 radical (unpaired) electrons. The summed E-state index contributed by atoms with van der Waals surface area (Å²) in [6.07, 6.45) is 0. The van der Waals surface area contributed by atoms with Crippen LogP contribution in [0.15, 0.2) is 72.8 Å². The number of nitrogens with one attached hydrogen (secondary N) is 2. The zero-order valence-electron chi connectivity index (χ0n) is 18.2. The summed E-state index contributed by atoms with van der Waals surface area (Å²) in [6, 6.07) is 22.3. The number of methoxy groups -OCH3 is 1. The van der Waals surface area contributed by atoms with Crippen molar-refractivity contribution < 1.29 is 19.0 Å². The number of benzene rings is 3. The molecule has 34 heavy (non-hydrogen) atoms. The molecule has 0 aliphatic heterocycles. The van der Waals surface area contributed by atoms with E-state index >= 15 is 0 Å². The number of anilines is 1. The highest BCUT2D eigenvalue weighted by molar-refractivity contribution is 7.80. The van der Waals surface area contributed by atoms with Crippen LogP contribution in [-0.4, -0.2) is 31.3 Å². The van der Waals surface area contributed by atoms with Gasteiger partial charge in [0.25, 0.3) is 5.91 Å². The van der Waals surface area contributed by atoms with Gasteiger partial charge in [-0.05, 0) is 66.8 Å². The van der Waals surface area contributed by atoms with Crippen LogP contribution >= 0.6 is 35.2 Å². The van der Waals surface area contributed by atoms with Crippen molar-refractivity contribution in [1.29, 1.82) is 0 Å². The zero-order chi connectivity index (χ0) is 23.9. The molecule has 0 aliphatic carbocycles. The predicted molar refractivity (Wildman–Crippen MR) is 141 cm³/mol. The normalized spacial score (nSPS) is 10.5. The molecule has 2 N–H and O–H groups in total. The third-order valence-electron chi connectivity index (χ3n) is 4.75. The molecule has 0 saturated heterocycles. The van der Waals surface area contributed by atoms with Gasteiger partial charge in [0.1, 0.15) is 35.3 Å². The van der Waals surface area contributed by atoms with Crippen LogP contribution in [0, 0.1) is 0 Å². The van der Waals surface area contributed by atoms with Crippen LogP contribution in [0.3, 0.4) is 0 Å². The molecule has 0 fully saturated rings. The van der Waals surface area contributed by atoms with Gasteiger partial charge in [-0.15, -0.1) is 11.3 Å². The van der Waals surface area contributed by atoms with Gasteiger partial charge in [0.15, 0.2) is 5.11 Å². The molecular weight excluding hydrogens is 492 g/mol. The highest BCUT2D eigenvalue weighted by atomic mass is 35.5. The molecule has 6 nitrogen and oxygen atoms in total. The Kier molecular flexibility index (Phi) is 7.84. The summed E-state index contributed by atoms with van der Waals surface area (Å²) in [7, 11) is 1.59. The fourth-order valence-electron chi connectivity index (χ4n) is 3.11. The van der Waals surface area contributed by atoms with E-state index in [1.807, 2.05) is 66.7 Å². The SMILES string of the molecule is COc1ccc2c(Cl)c(C(=O)NC(=S)Nc3ccc(OCCOc4ccccc4)cc3)sc2c1. The molecule has 4 rings (SSSR count). The average Bonchev–Trinajstić information content (AvgIpc) is 3.19. The number of halogens is 1. The fraction of sp³-hybridized carbons (Fsp3) is 0.120. The van der Waals surface area contributed by atoms with E-state index in [9.17, 15) is 4.79 Å². The van der Waals surface area contributed by atoms with Crippen LogP contribution in [-0.2, 0) is 0 Å². The van der Waals surface area contributed by atoms with Crippen molar-refractivity contribution in [3.05, 3.63) is 82.7 Å². The van der Waals surface area contributed by atoms with Gasteiger partial charge < -0.3 is 19.5 Å². The maximum absolute atomic E-state index is 12.7. The smallest absolute Gasteiger partial charge is 0.269 e. The quantitative estimate of drug-likeness (QED) is 0.218. The monoisotopic (exact) mass is 512 g/mol. The van der Waals surface area contributed by atoms with Gasteiger partial charge in [-0.3, -0.25) is 10.1 Å². The molecule has 0 spiro atoms. The third kappa shape index (κ3) is 5.96. The molecule has 3 aromatic carbocycles. The first-order valence-electron chi connectivity index (χ1n) is 10.3. The number of fused-ring (bicyclic) bond motifs is 1. The predicted octanol–water partition coefficient (Wildman–Crippen LogP) is 6.15. The Hall–Kier alpha value is -3.33. The van der Waals surface area contributed by atoms with Gasteiger partial charge in [0.05, 0.1) is 12.1 Å². The summed E-state index contributed by atoms with van der Waals surface area (Å²) < 4.78 is 17.4. The summed E-state index contributed by atoms with van der Waals surface area (Å²) >= 11 is 13.0. The van der Waals surface area contributed by atoms with E-state index in [-0.39, 0.29) is 11.0 Å². The fourth-order valence-corrected chi connectivity index (χ4v) is 4.76. The molecule has 1 heterocycles. The molecule has 0 bridgehead atoms. The van der Waals surface area contributed by atoms with Crippen LogP contribution in [0.25, 0.3) is 10.1 Å². The van der Waals surface area contributed by atoms with Gasteiger partial charge in [0, 0.05) is 15.8 Å². The van der Waals surface area contributed by atoms with Crippen molar-refractivity contribution in [1.82, 2.24) is 5.32 Å². The molecular formula is C25H21ClN2O4S2. The van der Waals surface area contributed by atoms with Crippen molar-refractivity contribution in [3.63, 3.8) is 0 Å². The number of para-hydroxylation sites is 1. The number of carbonyl (C=O) groups is 1. The van der Waals surface area contributed by atoms with Crippen molar-refractivity contribution in [2.24, 2.45) is 0 Å². The van der Waals surface area contributed by atoms with Crippen LogP contribution in [0.2, 0.25) is 5.02 Å². The Morgan fingerprint density at radius 1 is 0.941 bits per heavy atom. The molecule has 0 saturated carbocycles. The molecule has 1 amide bonds. The standard InChI is InChI=1S/C25H21ClN2O4S2/c1-30-19-11-12-20-21(15-19)34-23(22(20)26)24(29)28-25(33)27-16-7-9-18(10-8-16)32-14-13-31-17-5-3-2-4-6-17/h2-12,15H,13-14H2,1H3,(H2,27,28,29,33). The lowest BCUT2D eigenvalue weighted by molar-refractivity contribution is 0.0982. The highest BCUT2D eigenvalue weighted by Crippen LogP contribution is 2.37. The lowest BCUT2D eigenvalue weighted by Gasteiger charge is -2.11. The number of carbonyl (C=O) groups excluding carboxylic acids is 1. The average molecular weight is 513 g/mol. The summed E-state index contributed by atoms with van der Waals surface area (Å²) in [5.41, 5.74) is 0.713. The van der Waals surface area contributed by atoms with Gasteiger partial charge >= 0.3 is 0 Å². The van der Waals surface area contributed by atoms with Crippen molar-refractivity contribution in [2.75, 3.05) is 25.6 Å². The Bertz CT molecular complexity index is 1290. The third-order valence-corrected chi connectivity index (χ3v) is 6.61. The lowest BCUT2D eigenvalue weighted by atomic mass is 10.2. The molecule has 9 heteroatoms. The Labute approximate surface area is 211 Å². The van der Waals surface area contributed by atoms with Gasteiger partial charge in [-0.25, -0.2) is 0 Å². The number of hydrogen-bond acceptors (Lipinski definition) is 6. The Balaban J connectivity index is 1.27. The van der Waals surface area contributed by atoms with E-state index in [0.717, 1.165) is 15.8 Å². The number of hydrogen-bond donors (Lipinski definition) is 2. The van der Waals surface area contributed by atoms with Gasteiger partial charge in [-0.1, -0.05) is 29.8 Å². The summed E-state index contributed by atoms with van der Waals surface area (Å²) in [6.45, 7) is 0.852. The Morgan fingerprint density at radius 2 is 1.59 bits per heavy atom. The first kappa shape index (κ1) is 23.8. The van der Waals surface area contributed by atoms with Crippen molar-refractivity contribution in [3.8, 4) is 17.2 Å². The van der Waals surface area contributed by atoms with E-state index in [0.29, 0.717) is 40.3 Å². The summed E-state index contributed by atoms with van der Waals surface area (Å²) in [5.74, 6) is 1.83. The summed E-state index contributed by atoms with van der Waals surface area (Å²) in [5, 5.41) is 7.02. The second kappa shape index (κ2) is 11.2. The molecule has 0 aliphatic rings. The van der Waals surface area contributed by atoms with E-state index < -0.39 is 0 Å². The molecule has 1 aromatic heterocycles. The van der Waals surface area contributed by atoms with E-state index in [4.69, 9.17) is 38.0 Å². The van der Waals surface area contributed by atoms with Crippen LogP contribution < -0.4 is 24.8 Å². The zero-order valence-corrected chi connectivity index (χ0v) is 20.6. The van der Waals surface area contributed by atoms with E-state index in [2.05, 4.69) is 10.6 Å². The molecule has 0 atom stereocenters. The number of thiocarbonyl (C=S) groups is 1. The van der Waals surface area contributed by atoms with Crippen molar-refractivity contribution >= 4 is 61.9 Å². The Morgan fingerprint density at radius 3 is 2.26 bits per heavy atom. The van der Waals surface area contributed by atoms with E-state index in [1.54, 1.807) is 13.2 Å². The minimum Gasteiger partial charge on any atom is -0.497 e. The highest BCUT2D eigenvalue weighted by Gasteiger charge is 2.18. The molecule has 0 unspecified atom stereocenters. The largest absolute Gasteiger partial charge is 0.497 e. The van der Waals surface area contributed by atoms with Gasteiger partial charge in [0.2, 0.25) is 0 Å². The lowest BCUT2D eigenvalue weighted by Crippen LogP contribution is -2.33. The maximum Gasteiger partial charge on any atom is 0.269 e. The molecule has 174 valence electrons. The number of rotatable bonds is 8. The first-order chi connectivity index (χ1) is 16.5. The van der Waals surface area contributed by atoms with Crippen molar-refractivity contribution in [2.45, 2.75) is 0 Å². The topological polar surface area (TPSA) is 68.8 Å². The first-order valence-corrected chi connectivity index (χ1v) is 11.9.